The molecule has 1 N–H and O–H groups in total. The molecule has 0 spiro atoms. The molecule has 0 saturated heterocycles. The Bertz CT molecular complexity index is 1450. The number of nitrogens with one attached hydrogen (secondary N) is 1. The van der Waals surface area contributed by atoms with E-state index in [1.54, 1.807) is 27.4 Å². The van der Waals surface area contributed by atoms with Crippen molar-refractivity contribution in [1.82, 2.24) is 19.3 Å². The van der Waals surface area contributed by atoms with Crippen LogP contribution in [0.4, 0.5) is 5.69 Å². The van der Waals surface area contributed by atoms with Crippen molar-refractivity contribution in [3.8, 4) is 17.2 Å². The summed E-state index contributed by atoms with van der Waals surface area (Å²) in [5, 5.41) is 7.49. The molecule has 5 rings (SSSR count). The molecule has 34 heavy (non-hydrogen) atoms. The molecule has 1 aliphatic rings. The summed E-state index contributed by atoms with van der Waals surface area (Å²) >= 11 is 0. The lowest BCUT2D eigenvalue weighted by molar-refractivity contribution is -0.116. The Hall–Kier alpha value is -4.14. The number of nitrogens with zero attached hydrogens (tertiary/aromatic N) is 4. The van der Waals surface area contributed by atoms with E-state index in [2.05, 4.69) is 15.4 Å². The van der Waals surface area contributed by atoms with E-state index in [0.29, 0.717) is 40.6 Å². The van der Waals surface area contributed by atoms with Crippen molar-refractivity contribution >= 4 is 22.8 Å². The number of fused-ring (bicyclic) bond motifs is 2. The lowest BCUT2D eigenvalue weighted by Gasteiger charge is -2.11. The molecule has 9 nitrogen and oxygen atoms in total. The number of benzene rings is 2. The molecule has 1 aliphatic heterocycles. The summed E-state index contributed by atoms with van der Waals surface area (Å²) in [7, 11) is 0. The monoisotopic (exact) mass is 459 g/mol. The van der Waals surface area contributed by atoms with Gasteiger partial charge in [-0.3, -0.25) is 14.2 Å². The van der Waals surface area contributed by atoms with E-state index in [4.69, 9.17) is 9.47 Å². The molecule has 0 bridgehead atoms. The molecule has 0 saturated carbocycles. The molecular formula is C25H25N5O4. The summed E-state index contributed by atoms with van der Waals surface area (Å²) in [6.45, 7) is 6.45. The third-order valence-electron chi connectivity index (χ3n) is 5.84. The Kier molecular flexibility index (Phi) is 5.53. The Balaban J connectivity index is 1.41. The zero-order valence-corrected chi connectivity index (χ0v) is 19.3. The van der Waals surface area contributed by atoms with Crippen molar-refractivity contribution in [3.05, 3.63) is 69.8 Å². The largest absolute Gasteiger partial charge is 0.454 e. The van der Waals surface area contributed by atoms with E-state index in [9.17, 15) is 9.59 Å². The molecule has 0 atom stereocenters. The van der Waals surface area contributed by atoms with Gasteiger partial charge in [0.05, 0.1) is 11.4 Å². The lowest BCUT2D eigenvalue weighted by Crippen LogP contribution is -2.27. The maximum Gasteiger partial charge on any atom is 0.273 e. The molecule has 9 heteroatoms. The predicted octanol–water partition coefficient (Wildman–Crippen LogP) is 3.52. The standard InChI is InChI=1S/C25H25N5O4/c1-4-29-24-23(16(3)28-30(24)18-8-5-15(2)6-9-18)27-19(25(29)32)10-12-22(31)26-17-7-11-20-21(13-17)34-14-33-20/h5-9,11,13H,4,10,12,14H2,1-3H3,(H,26,31). The van der Waals surface area contributed by atoms with Crippen molar-refractivity contribution in [1.29, 1.82) is 0 Å². The van der Waals surface area contributed by atoms with Gasteiger partial charge in [-0.05, 0) is 45.0 Å². The average molecular weight is 460 g/mol. The van der Waals surface area contributed by atoms with Crippen LogP contribution in [0.25, 0.3) is 16.9 Å². The lowest BCUT2D eigenvalue weighted by atomic mass is 10.2. The average Bonchev–Trinajstić information content (AvgIpc) is 3.42. The summed E-state index contributed by atoms with van der Waals surface area (Å²) in [4.78, 5) is 30.5. The Morgan fingerprint density at radius 1 is 1.09 bits per heavy atom. The number of hydrogen-bond acceptors (Lipinski definition) is 6. The molecular weight excluding hydrogens is 434 g/mol. The fourth-order valence-electron chi connectivity index (χ4n) is 4.07. The van der Waals surface area contributed by atoms with Gasteiger partial charge >= 0.3 is 0 Å². The van der Waals surface area contributed by atoms with E-state index < -0.39 is 0 Å². The molecule has 1 amide bonds. The normalized spacial score (nSPS) is 12.3. The summed E-state index contributed by atoms with van der Waals surface area (Å²) in [6, 6.07) is 13.2. The number of ether oxygens (including phenoxy) is 2. The minimum Gasteiger partial charge on any atom is -0.454 e. The number of carbonyl (C=O) groups excluding carboxylic acids is 1. The van der Waals surface area contributed by atoms with Gasteiger partial charge in [0.1, 0.15) is 11.2 Å². The predicted molar refractivity (Wildman–Crippen MR) is 128 cm³/mol. The van der Waals surface area contributed by atoms with Crippen molar-refractivity contribution in [2.75, 3.05) is 12.1 Å². The summed E-state index contributed by atoms with van der Waals surface area (Å²) in [6.07, 6.45) is 0.345. The third kappa shape index (κ3) is 3.89. The first-order valence-electron chi connectivity index (χ1n) is 11.2. The maximum absolute atomic E-state index is 13.3. The van der Waals surface area contributed by atoms with Crippen molar-refractivity contribution in [3.63, 3.8) is 0 Å². The van der Waals surface area contributed by atoms with Crippen molar-refractivity contribution < 1.29 is 14.3 Å². The fraction of sp³-hybridized carbons (Fsp3) is 0.280. The molecule has 2 aromatic carbocycles. The van der Waals surface area contributed by atoms with Crippen LogP contribution in [0, 0.1) is 13.8 Å². The zero-order valence-electron chi connectivity index (χ0n) is 19.3. The van der Waals surface area contributed by atoms with Crippen molar-refractivity contribution in [2.45, 2.75) is 40.2 Å². The number of hydrogen-bond donors (Lipinski definition) is 1. The fourth-order valence-corrected chi connectivity index (χ4v) is 4.07. The number of aromatic nitrogens is 4. The van der Waals surface area contributed by atoms with Gasteiger partial charge in [0.25, 0.3) is 5.56 Å². The van der Waals surface area contributed by atoms with Crippen LogP contribution < -0.4 is 20.3 Å². The summed E-state index contributed by atoms with van der Waals surface area (Å²) < 4.78 is 14.1. The minimum atomic E-state index is -0.213. The van der Waals surface area contributed by atoms with Gasteiger partial charge in [0, 0.05) is 31.1 Å². The number of aryl methyl sites for hydroxylation is 4. The maximum atomic E-state index is 13.3. The van der Waals surface area contributed by atoms with Crippen molar-refractivity contribution in [2.24, 2.45) is 0 Å². The molecule has 4 aromatic rings. The minimum absolute atomic E-state index is 0.122. The van der Waals surface area contributed by atoms with Gasteiger partial charge < -0.3 is 14.8 Å². The first kappa shape index (κ1) is 21.7. The Labute approximate surface area is 195 Å². The van der Waals surface area contributed by atoms with Crippen LogP contribution in [0.1, 0.15) is 30.3 Å². The molecule has 3 heterocycles. The van der Waals surface area contributed by atoms with Crippen LogP contribution >= 0.6 is 0 Å². The highest BCUT2D eigenvalue weighted by atomic mass is 16.7. The number of anilines is 1. The molecule has 2 aromatic heterocycles. The molecule has 174 valence electrons. The number of rotatable bonds is 6. The molecule has 0 radical (unpaired) electrons. The van der Waals surface area contributed by atoms with Crippen LogP contribution in [0.2, 0.25) is 0 Å². The smallest absolute Gasteiger partial charge is 0.273 e. The second kappa shape index (κ2) is 8.66. The van der Waals surface area contributed by atoms with Crippen LogP contribution in [-0.4, -0.2) is 32.0 Å². The zero-order chi connectivity index (χ0) is 23.8. The highest BCUT2D eigenvalue weighted by Gasteiger charge is 2.19. The van der Waals surface area contributed by atoms with Crippen LogP contribution in [0.3, 0.4) is 0 Å². The second-order valence-corrected chi connectivity index (χ2v) is 8.23. The van der Waals surface area contributed by atoms with Gasteiger partial charge in [-0.25, -0.2) is 9.67 Å². The van der Waals surface area contributed by atoms with Crippen LogP contribution in [0.5, 0.6) is 11.5 Å². The quantitative estimate of drug-likeness (QED) is 0.474. The molecule has 0 fully saturated rings. The second-order valence-electron chi connectivity index (χ2n) is 8.23. The van der Waals surface area contributed by atoms with E-state index in [0.717, 1.165) is 16.9 Å². The SMILES string of the molecule is CCn1c(=O)c(CCC(=O)Nc2ccc3c(c2)OCO3)nc2c(C)nn(-c3ccc(C)cc3)c21. The van der Waals surface area contributed by atoms with E-state index >= 15 is 0 Å². The van der Waals surface area contributed by atoms with Gasteiger partial charge in [0.2, 0.25) is 12.7 Å². The first-order chi connectivity index (χ1) is 16.4. The Morgan fingerprint density at radius 3 is 2.62 bits per heavy atom. The van der Waals surface area contributed by atoms with E-state index in [1.807, 2.05) is 45.0 Å². The summed E-state index contributed by atoms with van der Waals surface area (Å²) in [5.41, 5.74) is 4.80. The highest BCUT2D eigenvalue weighted by Crippen LogP contribution is 2.34. The highest BCUT2D eigenvalue weighted by molar-refractivity contribution is 5.91. The van der Waals surface area contributed by atoms with Gasteiger partial charge in [-0.1, -0.05) is 17.7 Å². The van der Waals surface area contributed by atoms with Gasteiger partial charge in [0.15, 0.2) is 17.1 Å². The van der Waals surface area contributed by atoms with E-state index in [1.165, 1.54) is 0 Å². The van der Waals surface area contributed by atoms with Crippen LogP contribution in [0.15, 0.2) is 47.3 Å². The number of amides is 1. The Morgan fingerprint density at radius 2 is 1.85 bits per heavy atom. The van der Waals surface area contributed by atoms with Gasteiger partial charge in [-0.2, -0.15) is 5.10 Å². The molecule has 0 unspecified atom stereocenters. The number of carbonyl (C=O) groups is 1. The first-order valence-corrected chi connectivity index (χ1v) is 11.2. The molecule has 0 aliphatic carbocycles. The van der Waals surface area contributed by atoms with Crippen LogP contribution in [-0.2, 0) is 17.8 Å². The summed E-state index contributed by atoms with van der Waals surface area (Å²) in [5.74, 6) is 1.03. The third-order valence-corrected chi connectivity index (χ3v) is 5.84. The topological polar surface area (TPSA) is 100 Å². The van der Waals surface area contributed by atoms with Gasteiger partial charge in [-0.15, -0.1) is 0 Å². The van der Waals surface area contributed by atoms with E-state index in [-0.39, 0.29) is 31.1 Å².